The highest BCUT2D eigenvalue weighted by atomic mass is 32.2. The number of aliphatic carboxylic acids is 1. The first-order chi connectivity index (χ1) is 13.8. The molecule has 0 unspecified atom stereocenters. The fraction of sp³-hybridized carbons (Fsp3) is 0.250. The van der Waals surface area contributed by atoms with Crippen LogP contribution in [0.25, 0.3) is 5.69 Å². The summed E-state index contributed by atoms with van der Waals surface area (Å²) in [5, 5.41) is 19.7. The van der Waals surface area contributed by atoms with Crippen LogP contribution in [0, 0.1) is 5.82 Å². The number of carboxylic acid groups (broad SMARTS) is 1. The van der Waals surface area contributed by atoms with Gasteiger partial charge in [0.15, 0.2) is 5.16 Å². The summed E-state index contributed by atoms with van der Waals surface area (Å²) in [7, 11) is 0. The van der Waals surface area contributed by atoms with Crippen molar-refractivity contribution in [2.24, 2.45) is 11.5 Å². The quantitative estimate of drug-likeness (QED) is 0.460. The van der Waals surface area contributed by atoms with Gasteiger partial charge in [-0.2, -0.15) is 4.98 Å². The van der Waals surface area contributed by atoms with Crippen molar-refractivity contribution >= 4 is 23.6 Å². The van der Waals surface area contributed by atoms with E-state index >= 15 is 0 Å². The number of benzene rings is 1. The highest BCUT2D eigenvalue weighted by Gasteiger charge is 2.17. The zero-order valence-electron chi connectivity index (χ0n) is 15.3. The predicted molar refractivity (Wildman–Crippen MR) is 99.8 cm³/mol. The first kappa shape index (κ1) is 22.0. The highest BCUT2D eigenvalue weighted by Crippen LogP contribution is 2.25. The van der Waals surface area contributed by atoms with Crippen LogP contribution >= 0.6 is 11.8 Å². The molecule has 0 radical (unpaired) electrons. The Hall–Kier alpha value is -3.32. The van der Waals surface area contributed by atoms with Crippen LogP contribution in [0.1, 0.15) is 29.3 Å². The van der Waals surface area contributed by atoms with E-state index in [0.29, 0.717) is 29.6 Å². The SMILES string of the molecule is CC(=O)O.NCCc1nnc(SCc2nc(C(N)=O)no2)n1-c1ccc(F)cc1. The van der Waals surface area contributed by atoms with E-state index in [0.717, 1.165) is 6.92 Å². The maximum atomic E-state index is 13.2. The number of amides is 1. The average Bonchev–Trinajstić information content (AvgIpc) is 3.28. The Bertz CT molecular complexity index is 970. The molecule has 1 amide bonds. The van der Waals surface area contributed by atoms with Crippen molar-refractivity contribution in [3.8, 4) is 5.69 Å². The van der Waals surface area contributed by atoms with Gasteiger partial charge in [0, 0.05) is 19.0 Å². The summed E-state index contributed by atoms with van der Waals surface area (Å²) in [6.07, 6.45) is 0.511. The summed E-state index contributed by atoms with van der Waals surface area (Å²) in [5.74, 6) is -0.967. The number of thioether (sulfide) groups is 1. The van der Waals surface area contributed by atoms with Crippen LogP contribution in [0.4, 0.5) is 4.39 Å². The minimum atomic E-state index is -0.833. The second-order valence-corrected chi connectivity index (χ2v) is 6.38. The lowest BCUT2D eigenvalue weighted by atomic mass is 10.3. The fourth-order valence-corrected chi connectivity index (χ4v) is 2.88. The number of carbonyl (C=O) groups excluding carboxylic acids is 1. The van der Waals surface area contributed by atoms with E-state index in [-0.39, 0.29) is 23.3 Å². The maximum Gasteiger partial charge on any atom is 0.300 e. The van der Waals surface area contributed by atoms with Crippen molar-refractivity contribution in [3.05, 3.63) is 47.6 Å². The van der Waals surface area contributed by atoms with E-state index in [4.69, 9.17) is 25.9 Å². The molecule has 0 fully saturated rings. The largest absolute Gasteiger partial charge is 0.481 e. The van der Waals surface area contributed by atoms with Crippen LogP contribution in [0.15, 0.2) is 33.9 Å². The lowest BCUT2D eigenvalue weighted by Crippen LogP contribution is -2.12. The molecule has 0 aliphatic carbocycles. The summed E-state index contributed by atoms with van der Waals surface area (Å²) in [4.78, 5) is 23.9. The summed E-state index contributed by atoms with van der Waals surface area (Å²) in [5.41, 5.74) is 11.4. The predicted octanol–water partition coefficient (Wildman–Crippen LogP) is 0.773. The van der Waals surface area contributed by atoms with E-state index in [1.54, 1.807) is 16.7 Å². The Morgan fingerprint density at radius 1 is 1.28 bits per heavy atom. The Balaban J connectivity index is 0.000000687. The standard InChI is InChI=1S/C14H14FN7O2S.C2H4O2/c15-8-1-3-9(4-2-8)22-10(5-6-16)19-20-14(22)25-7-11-18-13(12(17)23)21-24-11;1-2(3)4/h1-4H,5-7,16H2,(H2,17,23);1H3,(H,3,4). The molecule has 29 heavy (non-hydrogen) atoms. The third-order valence-electron chi connectivity index (χ3n) is 3.17. The second-order valence-electron chi connectivity index (χ2n) is 5.43. The smallest absolute Gasteiger partial charge is 0.300 e. The van der Waals surface area contributed by atoms with E-state index < -0.39 is 11.9 Å². The lowest BCUT2D eigenvalue weighted by Gasteiger charge is -2.09. The number of primary amides is 1. The number of nitrogens with two attached hydrogens (primary N) is 2. The molecule has 3 rings (SSSR count). The number of aromatic nitrogens is 5. The monoisotopic (exact) mass is 423 g/mol. The minimum Gasteiger partial charge on any atom is -0.481 e. The zero-order chi connectivity index (χ0) is 21.4. The molecule has 0 bridgehead atoms. The average molecular weight is 423 g/mol. The van der Waals surface area contributed by atoms with E-state index in [1.807, 2.05) is 0 Å². The van der Waals surface area contributed by atoms with Gasteiger partial charge in [0.05, 0.1) is 5.75 Å². The molecule has 0 saturated heterocycles. The number of nitrogens with zero attached hydrogens (tertiary/aromatic N) is 5. The summed E-state index contributed by atoms with van der Waals surface area (Å²) in [6.45, 7) is 1.48. The molecule has 154 valence electrons. The summed E-state index contributed by atoms with van der Waals surface area (Å²) < 4.78 is 19.9. The summed E-state index contributed by atoms with van der Waals surface area (Å²) in [6, 6.07) is 5.96. The van der Waals surface area contributed by atoms with Crippen LogP contribution in [0.3, 0.4) is 0 Å². The lowest BCUT2D eigenvalue weighted by molar-refractivity contribution is -0.134. The van der Waals surface area contributed by atoms with Gasteiger partial charge in [0.2, 0.25) is 5.89 Å². The van der Waals surface area contributed by atoms with Crippen molar-refractivity contribution in [2.75, 3.05) is 6.54 Å². The molecule has 0 aliphatic heterocycles. The van der Waals surface area contributed by atoms with Crippen molar-refractivity contribution in [1.29, 1.82) is 0 Å². The molecular formula is C16H18FN7O4S. The topological polar surface area (TPSA) is 176 Å². The molecule has 0 atom stereocenters. The van der Waals surface area contributed by atoms with E-state index in [2.05, 4.69) is 20.3 Å². The van der Waals surface area contributed by atoms with Gasteiger partial charge in [-0.15, -0.1) is 10.2 Å². The Labute approximate surface area is 168 Å². The molecule has 2 aromatic heterocycles. The molecule has 2 heterocycles. The van der Waals surface area contributed by atoms with Gasteiger partial charge in [-0.05, 0) is 30.8 Å². The van der Waals surface area contributed by atoms with Gasteiger partial charge in [0.1, 0.15) is 11.6 Å². The Kier molecular flexibility index (Phi) is 7.79. The van der Waals surface area contributed by atoms with Crippen LogP contribution < -0.4 is 11.5 Å². The van der Waals surface area contributed by atoms with Crippen LogP contribution in [-0.4, -0.2) is 48.4 Å². The van der Waals surface area contributed by atoms with E-state index in [1.165, 1.54) is 23.9 Å². The number of carboxylic acids is 1. The van der Waals surface area contributed by atoms with Crippen molar-refractivity contribution < 1.29 is 23.6 Å². The van der Waals surface area contributed by atoms with Gasteiger partial charge in [0.25, 0.3) is 17.7 Å². The molecule has 11 nitrogen and oxygen atoms in total. The number of rotatable bonds is 7. The molecule has 0 aliphatic rings. The summed E-state index contributed by atoms with van der Waals surface area (Å²) >= 11 is 1.28. The minimum absolute atomic E-state index is 0.181. The first-order valence-corrected chi connectivity index (χ1v) is 9.15. The van der Waals surface area contributed by atoms with Crippen LogP contribution in [0.2, 0.25) is 0 Å². The van der Waals surface area contributed by atoms with E-state index in [9.17, 15) is 9.18 Å². The van der Waals surface area contributed by atoms with Crippen molar-refractivity contribution in [3.63, 3.8) is 0 Å². The number of halogens is 1. The van der Waals surface area contributed by atoms with Crippen LogP contribution in [0.5, 0.6) is 0 Å². The van der Waals surface area contributed by atoms with Crippen molar-refractivity contribution in [1.82, 2.24) is 24.9 Å². The number of hydrogen-bond acceptors (Lipinski definition) is 9. The third kappa shape index (κ3) is 6.36. The maximum absolute atomic E-state index is 13.2. The molecule has 0 spiro atoms. The van der Waals surface area contributed by atoms with Crippen molar-refractivity contribution in [2.45, 2.75) is 24.3 Å². The van der Waals surface area contributed by atoms with Gasteiger partial charge < -0.3 is 21.1 Å². The number of hydrogen-bond donors (Lipinski definition) is 3. The van der Waals surface area contributed by atoms with Gasteiger partial charge in [-0.25, -0.2) is 4.39 Å². The Morgan fingerprint density at radius 2 is 1.93 bits per heavy atom. The van der Waals surface area contributed by atoms with Gasteiger partial charge >= 0.3 is 0 Å². The highest BCUT2D eigenvalue weighted by molar-refractivity contribution is 7.98. The molecule has 13 heteroatoms. The second kappa shape index (κ2) is 10.3. The molecule has 1 aromatic carbocycles. The third-order valence-corrected chi connectivity index (χ3v) is 4.08. The van der Waals surface area contributed by atoms with Gasteiger partial charge in [-0.3, -0.25) is 14.2 Å². The Morgan fingerprint density at radius 3 is 2.48 bits per heavy atom. The van der Waals surface area contributed by atoms with Gasteiger partial charge in [-0.1, -0.05) is 16.9 Å². The van der Waals surface area contributed by atoms with Crippen LogP contribution in [-0.2, 0) is 17.0 Å². The normalized spacial score (nSPS) is 10.3. The number of carbonyl (C=O) groups is 2. The fourth-order valence-electron chi connectivity index (χ4n) is 2.07. The molecular weight excluding hydrogens is 405 g/mol. The molecule has 5 N–H and O–H groups in total. The molecule has 3 aromatic rings. The zero-order valence-corrected chi connectivity index (χ0v) is 16.1. The molecule has 0 saturated carbocycles. The first-order valence-electron chi connectivity index (χ1n) is 8.16.